The third-order valence-electron chi connectivity index (χ3n) is 3.64. The van der Waals surface area contributed by atoms with Gasteiger partial charge in [-0.25, -0.2) is 4.98 Å². The van der Waals surface area contributed by atoms with Gasteiger partial charge in [0.25, 0.3) is 0 Å². The fraction of sp³-hybridized carbons (Fsp3) is 0.615. The molecule has 1 saturated heterocycles. The minimum atomic E-state index is 0.414. The predicted octanol–water partition coefficient (Wildman–Crippen LogP) is 1.88. The number of unbranched alkanes of at least 4 members (excludes halogenated alkanes) is 1. The second-order valence-electron chi connectivity index (χ2n) is 5.11. The molecule has 3 rings (SSSR count). The number of hydrogen-bond donors (Lipinski definition) is 2. The van der Waals surface area contributed by atoms with Crippen LogP contribution in [0.3, 0.4) is 0 Å². The lowest BCUT2D eigenvalue weighted by molar-refractivity contribution is 0.765. The van der Waals surface area contributed by atoms with Crippen LogP contribution in [0, 0.1) is 0 Å². The van der Waals surface area contributed by atoms with E-state index < -0.39 is 0 Å². The van der Waals surface area contributed by atoms with Gasteiger partial charge in [-0.05, 0) is 19.3 Å². The molecule has 6 nitrogen and oxygen atoms in total. The van der Waals surface area contributed by atoms with Crippen molar-refractivity contribution in [2.24, 2.45) is 0 Å². The Labute approximate surface area is 112 Å². The lowest BCUT2D eigenvalue weighted by atomic mass is 10.2. The fourth-order valence-corrected chi connectivity index (χ4v) is 2.58. The average Bonchev–Trinajstić information content (AvgIpc) is 3.06. The molecular weight excluding hydrogens is 240 g/mol. The van der Waals surface area contributed by atoms with Crippen molar-refractivity contribution in [1.29, 1.82) is 0 Å². The van der Waals surface area contributed by atoms with Gasteiger partial charge in [-0.15, -0.1) is 10.2 Å². The highest BCUT2D eigenvalue weighted by Gasteiger charge is 2.20. The zero-order valence-electron chi connectivity index (χ0n) is 11.3. The standard InChI is InChI=1S/C13H20N6/c1-2-3-6-9-15-10-11(16-9)13(18-17-12(10)14)19-7-4-5-8-19/h2-8H2,1H3,(H2,14,17)(H,15,16). The van der Waals surface area contributed by atoms with E-state index in [-0.39, 0.29) is 0 Å². The van der Waals surface area contributed by atoms with Gasteiger partial charge in [0.1, 0.15) is 16.9 Å². The van der Waals surface area contributed by atoms with E-state index in [2.05, 4.69) is 32.0 Å². The molecule has 0 aromatic carbocycles. The molecule has 0 amide bonds. The van der Waals surface area contributed by atoms with Crippen molar-refractivity contribution >= 4 is 22.7 Å². The van der Waals surface area contributed by atoms with Crippen molar-refractivity contribution < 1.29 is 0 Å². The molecule has 19 heavy (non-hydrogen) atoms. The molecule has 0 spiro atoms. The number of fused-ring (bicyclic) bond motifs is 1. The van der Waals surface area contributed by atoms with Crippen LogP contribution in [-0.2, 0) is 6.42 Å². The van der Waals surface area contributed by atoms with Crippen molar-refractivity contribution in [2.75, 3.05) is 23.7 Å². The van der Waals surface area contributed by atoms with Gasteiger partial charge in [-0.3, -0.25) is 0 Å². The van der Waals surface area contributed by atoms with Crippen molar-refractivity contribution in [3.8, 4) is 0 Å². The van der Waals surface area contributed by atoms with Crippen LogP contribution >= 0.6 is 0 Å². The van der Waals surface area contributed by atoms with Crippen molar-refractivity contribution in [2.45, 2.75) is 39.0 Å². The highest BCUT2D eigenvalue weighted by atomic mass is 15.3. The SMILES string of the molecule is CCCCc1nc2c(N)nnc(N3CCCC3)c2[nH]1. The minimum Gasteiger partial charge on any atom is -0.380 e. The number of nitrogens with zero attached hydrogens (tertiary/aromatic N) is 4. The first-order valence-corrected chi connectivity index (χ1v) is 7.05. The van der Waals surface area contributed by atoms with E-state index in [9.17, 15) is 0 Å². The summed E-state index contributed by atoms with van der Waals surface area (Å²) < 4.78 is 0. The average molecular weight is 260 g/mol. The first kappa shape index (κ1) is 12.2. The summed E-state index contributed by atoms with van der Waals surface area (Å²) in [7, 11) is 0. The summed E-state index contributed by atoms with van der Waals surface area (Å²) in [6.07, 6.45) is 5.65. The van der Waals surface area contributed by atoms with E-state index in [1.54, 1.807) is 0 Å². The summed E-state index contributed by atoms with van der Waals surface area (Å²) in [5, 5.41) is 8.31. The Morgan fingerprint density at radius 1 is 1.26 bits per heavy atom. The van der Waals surface area contributed by atoms with Crippen LogP contribution < -0.4 is 10.6 Å². The summed E-state index contributed by atoms with van der Waals surface area (Å²) in [6.45, 7) is 4.25. The second-order valence-corrected chi connectivity index (χ2v) is 5.11. The van der Waals surface area contributed by atoms with Crippen LogP contribution in [0.4, 0.5) is 11.6 Å². The largest absolute Gasteiger partial charge is 0.380 e. The molecule has 2 aromatic rings. The summed E-state index contributed by atoms with van der Waals surface area (Å²) in [6, 6.07) is 0. The quantitative estimate of drug-likeness (QED) is 0.876. The molecule has 102 valence electrons. The summed E-state index contributed by atoms with van der Waals surface area (Å²) in [5.74, 6) is 2.30. The molecule has 0 atom stereocenters. The van der Waals surface area contributed by atoms with Crippen molar-refractivity contribution in [1.82, 2.24) is 20.2 Å². The van der Waals surface area contributed by atoms with Crippen LogP contribution in [0.15, 0.2) is 0 Å². The Morgan fingerprint density at radius 3 is 2.79 bits per heavy atom. The lowest BCUT2D eigenvalue weighted by Crippen LogP contribution is -2.20. The number of anilines is 2. The highest BCUT2D eigenvalue weighted by Crippen LogP contribution is 2.27. The number of aryl methyl sites for hydroxylation is 1. The Kier molecular flexibility index (Phi) is 3.23. The van der Waals surface area contributed by atoms with Gasteiger partial charge in [0.2, 0.25) is 0 Å². The van der Waals surface area contributed by atoms with Gasteiger partial charge in [0.15, 0.2) is 11.6 Å². The summed E-state index contributed by atoms with van der Waals surface area (Å²) in [4.78, 5) is 10.2. The number of hydrogen-bond acceptors (Lipinski definition) is 5. The molecule has 1 aliphatic rings. The normalized spacial score (nSPS) is 15.5. The van der Waals surface area contributed by atoms with E-state index in [1.165, 1.54) is 12.8 Å². The van der Waals surface area contributed by atoms with Crippen LogP contribution in [-0.4, -0.2) is 33.3 Å². The minimum absolute atomic E-state index is 0.414. The Hall–Kier alpha value is -1.85. The Balaban J connectivity index is 2.02. The zero-order chi connectivity index (χ0) is 13.2. The predicted molar refractivity (Wildman–Crippen MR) is 76.2 cm³/mol. The zero-order valence-corrected chi connectivity index (χ0v) is 11.3. The van der Waals surface area contributed by atoms with Crippen LogP contribution in [0.5, 0.6) is 0 Å². The molecule has 0 radical (unpaired) electrons. The van der Waals surface area contributed by atoms with Crippen molar-refractivity contribution in [3.05, 3.63) is 5.82 Å². The number of H-pyrrole nitrogens is 1. The first-order chi connectivity index (χ1) is 9.29. The molecule has 0 bridgehead atoms. The van der Waals surface area contributed by atoms with Gasteiger partial charge in [-0.2, -0.15) is 0 Å². The van der Waals surface area contributed by atoms with Crippen molar-refractivity contribution in [3.63, 3.8) is 0 Å². The Bertz CT molecular complexity index is 570. The highest BCUT2D eigenvalue weighted by molar-refractivity contribution is 5.92. The van der Waals surface area contributed by atoms with Gasteiger partial charge in [-0.1, -0.05) is 13.3 Å². The van der Waals surface area contributed by atoms with E-state index in [0.29, 0.717) is 5.82 Å². The van der Waals surface area contributed by atoms with Crippen LogP contribution in [0.1, 0.15) is 38.4 Å². The monoisotopic (exact) mass is 260 g/mol. The molecule has 3 N–H and O–H groups in total. The third kappa shape index (κ3) is 2.22. The van der Waals surface area contributed by atoms with E-state index in [1.807, 2.05) is 0 Å². The maximum Gasteiger partial charge on any atom is 0.177 e. The number of nitrogens with one attached hydrogen (secondary N) is 1. The third-order valence-corrected chi connectivity index (χ3v) is 3.64. The molecule has 0 aliphatic carbocycles. The molecule has 0 saturated carbocycles. The van der Waals surface area contributed by atoms with E-state index >= 15 is 0 Å². The van der Waals surface area contributed by atoms with Crippen LogP contribution in [0.2, 0.25) is 0 Å². The van der Waals surface area contributed by atoms with Gasteiger partial charge in [0.05, 0.1) is 0 Å². The van der Waals surface area contributed by atoms with E-state index in [4.69, 9.17) is 5.73 Å². The van der Waals surface area contributed by atoms with Crippen LogP contribution in [0.25, 0.3) is 11.0 Å². The molecule has 1 aliphatic heterocycles. The number of imidazole rings is 1. The van der Waals surface area contributed by atoms with Gasteiger partial charge < -0.3 is 15.6 Å². The molecule has 6 heteroatoms. The number of aromatic nitrogens is 4. The first-order valence-electron chi connectivity index (χ1n) is 7.05. The fourth-order valence-electron chi connectivity index (χ4n) is 2.58. The maximum atomic E-state index is 5.89. The number of rotatable bonds is 4. The molecule has 2 aromatic heterocycles. The molecule has 0 unspecified atom stereocenters. The summed E-state index contributed by atoms with van der Waals surface area (Å²) in [5.41, 5.74) is 7.60. The molecule has 3 heterocycles. The molecule has 1 fully saturated rings. The number of nitrogens with two attached hydrogens (primary N) is 1. The number of aromatic amines is 1. The Morgan fingerprint density at radius 2 is 2.05 bits per heavy atom. The van der Waals surface area contributed by atoms with Gasteiger partial charge >= 0.3 is 0 Å². The number of nitrogen functional groups attached to an aromatic ring is 1. The van der Waals surface area contributed by atoms with Gasteiger partial charge in [0, 0.05) is 19.5 Å². The molecular formula is C13H20N6. The lowest BCUT2D eigenvalue weighted by Gasteiger charge is -2.15. The summed E-state index contributed by atoms with van der Waals surface area (Å²) >= 11 is 0. The topological polar surface area (TPSA) is 83.7 Å². The second kappa shape index (κ2) is 5.03. The van der Waals surface area contributed by atoms with E-state index in [0.717, 1.165) is 55.0 Å². The maximum absolute atomic E-state index is 5.89. The smallest absolute Gasteiger partial charge is 0.177 e.